The first-order valence-corrected chi connectivity index (χ1v) is 7.51. The van der Waals surface area contributed by atoms with Crippen LogP contribution in [0.1, 0.15) is 46.3 Å². The first-order chi connectivity index (χ1) is 9.02. The molecule has 0 aromatic heterocycles. The van der Waals surface area contributed by atoms with Crippen LogP contribution in [0, 0.1) is 26.7 Å². The molecule has 0 bridgehead atoms. The summed E-state index contributed by atoms with van der Waals surface area (Å²) in [5.74, 6) is 1.12. The van der Waals surface area contributed by atoms with Crippen LogP contribution in [-0.4, -0.2) is 17.8 Å². The van der Waals surface area contributed by atoms with Gasteiger partial charge < -0.3 is 5.32 Å². The van der Waals surface area contributed by atoms with Crippen molar-refractivity contribution in [1.29, 1.82) is 0 Å². The molecule has 104 valence electrons. The quantitative estimate of drug-likeness (QED) is 0.839. The van der Waals surface area contributed by atoms with Crippen molar-refractivity contribution in [1.82, 2.24) is 5.32 Å². The van der Waals surface area contributed by atoms with E-state index in [0.29, 0.717) is 11.8 Å². The van der Waals surface area contributed by atoms with Crippen LogP contribution in [0.25, 0.3) is 0 Å². The van der Waals surface area contributed by atoms with Gasteiger partial charge in [0.05, 0.1) is 0 Å². The van der Waals surface area contributed by atoms with Crippen molar-refractivity contribution < 1.29 is 4.79 Å². The minimum Gasteiger partial charge on any atom is -0.349 e. The zero-order valence-electron chi connectivity index (χ0n) is 11.9. The Hall–Kier alpha value is -1.02. The molecule has 0 saturated heterocycles. The number of rotatable bonds is 3. The maximum absolute atomic E-state index is 12.5. The third-order valence-corrected chi connectivity index (χ3v) is 4.47. The summed E-state index contributed by atoms with van der Waals surface area (Å²) in [5.41, 5.74) is 4.13. The van der Waals surface area contributed by atoms with Gasteiger partial charge in [-0.25, -0.2) is 0 Å². The summed E-state index contributed by atoms with van der Waals surface area (Å²) < 4.78 is 0. The minimum atomic E-state index is 0.0528. The van der Waals surface area contributed by atoms with Crippen molar-refractivity contribution in [2.75, 3.05) is 5.88 Å². The maximum Gasteiger partial charge on any atom is 0.252 e. The second-order valence-corrected chi connectivity index (χ2v) is 6.01. The molecule has 19 heavy (non-hydrogen) atoms. The normalized spacial score (nSPS) is 22.5. The Kier molecular flexibility index (Phi) is 4.51. The molecular formula is C16H22ClNO. The molecular weight excluding hydrogens is 258 g/mol. The Morgan fingerprint density at radius 3 is 2.47 bits per heavy atom. The summed E-state index contributed by atoms with van der Waals surface area (Å²) in [6.45, 7) is 6.06. The number of amides is 1. The maximum atomic E-state index is 12.5. The number of carbonyl (C=O) groups excluding carboxylic acids is 1. The lowest BCUT2D eigenvalue weighted by atomic mass is 9.98. The lowest BCUT2D eigenvalue weighted by molar-refractivity contribution is 0.0929. The van der Waals surface area contributed by atoms with E-state index in [1.807, 2.05) is 13.8 Å². The molecule has 1 aromatic rings. The van der Waals surface area contributed by atoms with Crippen LogP contribution in [-0.2, 0) is 0 Å². The number of hydrogen-bond donors (Lipinski definition) is 1. The molecule has 1 saturated carbocycles. The lowest BCUT2D eigenvalue weighted by Gasteiger charge is -2.20. The van der Waals surface area contributed by atoms with Crippen LogP contribution in [0.3, 0.4) is 0 Å². The Balaban J connectivity index is 2.16. The molecule has 1 aliphatic rings. The highest BCUT2D eigenvalue weighted by molar-refractivity contribution is 6.18. The summed E-state index contributed by atoms with van der Waals surface area (Å²) in [6.07, 6.45) is 3.33. The predicted molar refractivity (Wildman–Crippen MR) is 80.0 cm³/mol. The van der Waals surface area contributed by atoms with Crippen molar-refractivity contribution in [2.45, 2.75) is 46.1 Å². The van der Waals surface area contributed by atoms with E-state index >= 15 is 0 Å². The summed E-state index contributed by atoms with van der Waals surface area (Å²) >= 11 is 5.96. The van der Waals surface area contributed by atoms with E-state index in [1.165, 1.54) is 5.56 Å². The zero-order valence-corrected chi connectivity index (χ0v) is 12.7. The fraction of sp³-hybridized carbons (Fsp3) is 0.562. The van der Waals surface area contributed by atoms with Gasteiger partial charge in [-0.3, -0.25) is 4.79 Å². The molecule has 2 nitrogen and oxygen atoms in total. The van der Waals surface area contributed by atoms with Gasteiger partial charge in [-0.05, 0) is 50.7 Å². The number of benzene rings is 1. The van der Waals surface area contributed by atoms with Crippen molar-refractivity contribution >= 4 is 17.5 Å². The van der Waals surface area contributed by atoms with Crippen molar-refractivity contribution in [2.24, 2.45) is 5.92 Å². The topological polar surface area (TPSA) is 29.1 Å². The van der Waals surface area contributed by atoms with E-state index in [2.05, 4.69) is 24.4 Å². The molecule has 3 heteroatoms. The van der Waals surface area contributed by atoms with E-state index < -0.39 is 0 Å². The monoisotopic (exact) mass is 279 g/mol. The van der Waals surface area contributed by atoms with Crippen LogP contribution in [0.2, 0.25) is 0 Å². The van der Waals surface area contributed by atoms with Crippen molar-refractivity contribution in [3.8, 4) is 0 Å². The molecule has 2 unspecified atom stereocenters. The van der Waals surface area contributed by atoms with Crippen LogP contribution in [0.4, 0.5) is 0 Å². The average molecular weight is 280 g/mol. The largest absolute Gasteiger partial charge is 0.349 e. The van der Waals surface area contributed by atoms with Gasteiger partial charge in [0.1, 0.15) is 0 Å². The van der Waals surface area contributed by atoms with Crippen LogP contribution in [0.15, 0.2) is 12.1 Å². The van der Waals surface area contributed by atoms with Gasteiger partial charge in [-0.2, -0.15) is 0 Å². The number of hydrogen-bond acceptors (Lipinski definition) is 1. The fourth-order valence-electron chi connectivity index (χ4n) is 3.19. The van der Waals surface area contributed by atoms with Gasteiger partial charge in [0, 0.05) is 17.5 Å². The van der Waals surface area contributed by atoms with Crippen LogP contribution >= 0.6 is 11.6 Å². The third kappa shape index (κ3) is 3.11. The minimum absolute atomic E-state index is 0.0528. The SMILES string of the molecule is Cc1cc(C)c(C(=O)NC2CCCC2CCl)c(C)c1. The number of nitrogens with one attached hydrogen (secondary N) is 1. The Bertz CT molecular complexity index is 461. The molecule has 1 aliphatic carbocycles. The van der Waals surface area contributed by atoms with Gasteiger partial charge in [-0.1, -0.05) is 24.1 Å². The predicted octanol–water partition coefficient (Wildman–Crippen LogP) is 3.75. The van der Waals surface area contributed by atoms with E-state index in [1.54, 1.807) is 0 Å². The summed E-state index contributed by atoms with van der Waals surface area (Å²) in [7, 11) is 0. The third-order valence-electron chi connectivity index (χ3n) is 4.08. The molecule has 1 N–H and O–H groups in total. The molecule has 0 spiro atoms. The highest BCUT2D eigenvalue weighted by Gasteiger charge is 2.28. The second kappa shape index (κ2) is 5.96. The number of carbonyl (C=O) groups is 1. The highest BCUT2D eigenvalue weighted by Crippen LogP contribution is 2.27. The molecule has 0 radical (unpaired) electrons. The smallest absolute Gasteiger partial charge is 0.252 e. The molecule has 2 rings (SSSR count). The van der Waals surface area contributed by atoms with Gasteiger partial charge >= 0.3 is 0 Å². The lowest BCUT2D eigenvalue weighted by Crippen LogP contribution is -2.38. The molecule has 0 aliphatic heterocycles. The highest BCUT2D eigenvalue weighted by atomic mass is 35.5. The second-order valence-electron chi connectivity index (χ2n) is 5.70. The summed E-state index contributed by atoms with van der Waals surface area (Å²) in [5, 5.41) is 3.17. The van der Waals surface area contributed by atoms with Gasteiger partial charge in [0.2, 0.25) is 0 Å². The molecule has 2 atom stereocenters. The first kappa shape index (κ1) is 14.4. The molecule has 1 aromatic carbocycles. The molecule has 1 amide bonds. The van der Waals surface area contributed by atoms with Crippen LogP contribution < -0.4 is 5.32 Å². The van der Waals surface area contributed by atoms with Gasteiger partial charge in [0.15, 0.2) is 0 Å². The Morgan fingerprint density at radius 2 is 1.89 bits per heavy atom. The Morgan fingerprint density at radius 1 is 1.26 bits per heavy atom. The Labute approximate surface area is 120 Å². The fourth-order valence-corrected chi connectivity index (χ4v) is 3.56. The summed E-state index contributed by atoms with van der Waals surface area (Å²) in [4.78, 5) is 12.5. The molecule has 1 fully saturated rings. The van der Waals surface area contributed by atoms with E-state index in [9.17, 15) is 4.79 Å². The van der Waals surface area contributed by atoms with Crippen molar-refractivity contribution in [3.05, 3.63) is 34.4 Å². The summed E-state index contributed by atoms with van der Waals surface area (Å²) in [6, 6.07) is 4.37. The number of aryl methyl sites for hydroxylation is 3. The van der Waals surface area contributed by atoms with Gasteiger partial charge in [0.25, 0.3) is 5.91 Å². The standard InChI is InChI=1S/C16H22ClNO/c1-10-7-11(2)15(12(3)8-10)16(19)18-14-6-4-5-13(14)9-17/h7-8,13-14H,4-6,9H2,1-3H3,(H,18,19). The molecule has 0 heterocycles. The van der Waals surface area contributed by atoms with E-state index in [-0.39, 0.29) is 11.9 Å². The van der Waals surface area contributed by atoms with E-state index in [4.69, 9.17) is 11.6 Å². The van der Waals surface area contributed by atoms with Crippen molar-refractivity contribution in [3.63, 3.8) is 0 Å². The van der Waals surface area contributed by atoms with E-state index in [0.717, 1.165) is 36.0 Å². The first-order valence-electron chi connectivity index (χ1n) is 6.97. The van der Waals surface area contributed by atoms with Crippen LogP contribution in [0.5, 0.6) is 0 Å². The average Bonchev–Trinajstić information content (AvgIpc) is 2.74. The number of alkyl halides is 1. The zero-order chi connectivity index (χ0) is 14.0. The van der Waals surface area contributed by atoms with Gasteiger partial charge in [-0.15, -0.1) is 11.6 Å². The number of halogens is 1.